The molecule has 0 N–H and O–H groups in total. The Labute approximate surface area is 135 Å². The lowest BCUT2D eigenvalue weighted by atomic mass is 9.84. The van der Waals surface area contributed by atoms with Gasteiger partial charge < -0.3 is 19.0 Å². The highest BCUT2D eigenvalue weighted by Gasteiger charge is 2.39. The zero-order valence-corrected chi connectivity index (χ0v) is 13.1. The molecule has 2 amide bonds. The van der Waals surface area contributed by atoms with Crippen LogP contribution < -0.4 is 0 Å². The van der Waals surface area contributed by atoms with Crippen molar-refractivity contribution in [3.63, 3.8) is 0 Å². The third kappa shape index (κ3) is 2.87. The Hall–Kier alpha value is -1.82. The van der Waals surface area contributed by atoms with Gasteiger partial charge in [-0.3, -0.25) is 9.59 Å². The number of carbonyl (C=O) groups excluding carboxylic acids is 2. The molecule has 3 aliphatic heterocycles. The van der Waals surface area contributed by atoms with E-state index in [9.17, 15) is 9.59 Å². The maximum atomic E-state index is 12.6. The summed E-state index contributed by atoms with van der Waals surface area (Å²) in [7, 11) is 0. The van der Waals surface area contributed by atoms with E-state index in [1.165, 1.54) is 6.26 Å². The van der Waals surface area contributed by atoms with Gasteiger partial charge >= 0.3 is 0 Å². The summed E-state index contributed by atoms with van der Waals surface area (Å²) in [6.45, 7) is 4.19. The number of rotatable bonds is 2. The van der Waals surface area contributed by atoms with Crippen molar-refractivity contribution in [1.82, 2.24) is 9.80 Å². The Morgan fingerprint density at radius 2 is 1.83 bits per heavy atom. The van der Waals surface area contributed by atoms with E-state index >= 15 is 0 Å². The molecule has 0 radical (unpaired) electrons. The van der Waals surface area contributed by atoms with E-state index in [0.29, 0.717) is 43.9 Å². The highest BCUT2D eigenvalue weighted by atomic mass is 16.5. The molecule has 0 saturated carbocycles. The third-order valence-electron chi connectivity index (χ3n) is 5.19. The number of furan rings is 1. The van der Waals surface area contributed by atoms with Crippen molar-refractivity contribution in [3.8, 4) is 0 Å². The summed E-state index contributed by atoms with van der Waals surface area (Å²) >= 11 is 0. The molecule has 23 heavy (non-hydrogen) atoms. The van der Waals surface area contributed by atoms with Crippen molar-refractivity contribution in [1.29, 1.82) is 0 Å². The Morgan fingerprint density at radius 3 is 2.43 bits per heavy atom. The molecule has 3 aliphatic rings. The van der Waals surface area contributed by atoms with Crippen LogP contribution in [0.25, 0.3) is 0 Å². The number of amides is 2. The zero-order chi connectivity index (χ0) is 15.8. The Bertz CT molecular complexity index is 565. The standard InChI is InChI=1S/C17H22N2O4/c20-16(14-3-5-22-11-14)18-7-12-6-13(8-18)10-19(9-12)17(21)15-2-1-4-23-15/h1-2,4,12-14H,3,5-11H2/t12-,13+,14-/m1/s1. The van der Waals surface area contributed by atoms with E-state index in [2.05, 4.69) is 0 Å². The minimum atomic E-state index is -0.0336. The molecule has 3 atom stereocenters. The van der Waals surface area contributed by atoms with Crippen molar-refractivity contribution in [2.75, 3.05) is 39.4 Å². The van der Waals surface area contributed by atoms with Crippen LogP contribution in [0.2, 0.25) is 0 Å². The van der Waals surface area contributed by atoms with Gasteiger partial charge in [0.05, 0.1) is 18.8 Å². The lowest BCUT2D eigenvalue weighted by molar-refractivity contribution is -0.139. The molecular formula is C17H22N2O4. The minimum Gasteiger partial charge on any atom is -0.459 e. The number of carbonyl (C=O) groups is 2. The van der Waals surface area contributed by atoms with E-state index in [4.69, 9.17) is 9.15 Å². The zero-order valence-electron chi connectivity index (χ0n) is 13.1. The van der Waals surface area contributed by atoms with Gasteiger partial charge in [-0.05, 0) is 36.8 Å². The van der Waals surface area contributed by atoms with E-state index < -0.39 is 0 Å². The highest BCUT2D eigenvalue weighted by Crippen LogP contribution is 2.31. The van der Waals surface area contributed by atoms with E-state index in [1.807, 2.05) is 9.80 Å². The molecule has 6 nitrogen and oxygen atoms in total. The van der Waals surface area contributed by atoms with E-state index in [-0.39, 0.29) is 17.7 Å². The SMILES string of the molecule is O=C(c1ccco1)N1C[C@H]2C[C@@H](C1)CN(C(=O)[C@@H]1CCOC1)C2. The predicted molar refractivity (Wildman–Crippen MR) is 81.7 cm³/mol. The third-order valence-corrected chi connectivity index (χ3v) is 5.19. The van der Waals surface area contributed by atoms with Crippen molar-refractivity contribution in [2.45, 2.75) is 12.8 Å². The normalized spacial score (nSPS) is 30.5. The van der Waals surface area contributed by atoms with E-state index in [1.54, 1.807) is 12.1 Å². The van der Waals surface area contributed by atoms with Gasteiger partial charge in [-0.2, -0.15) is 0 Å². The van der Waals surface area contributed by atoms with Crippen LogP contribution in [0.1, 0.15) is 23.4 Å². The summed E-state index contributed by atoms with van der Waals surface area (Å²) in [4.78, 5) is 28.9. The van der Waals surface area contributed by atoms with Gasteiger partial charge in [0.25, 0.3) is 5.91 Å². The number of likely N-dealkylation sites (tertiary alicyclic amines) is 2. The maximum Gasteiger partial charge on any atom is 0.289 e. The monoisotopic (exact) mass is 318 g/mol. The molecule has 2 bridgehead atoms. The lowest BCUT2D eigenvalue weighted by Gasteiger charge is -2.46. The molecule has 4 heterocycles. The molecule has 0 unspecified atom stereocenters. The largest absolute Gasteiger partial charge is 0.459 e. The van der Waals surface area contributed by atoms with Crippen LogP contribution in [-0.4, -0.2) is 61.0 Å². The lowest BCUT2D eigenvalue weighted by Crippen LogP contribution is -2.56. The van der Waals surface area contributed by atoms with Gasteiger partial charge in [0, 0.05) is 32.8 Å². The summed E-state index contributed by atoms with van der Waals surface area (Å²) in [6.07, 6.45) is 3.47. The van der Waals surface area contributed by atoms with Crippen molar-refractivity contribution < 1.29 is 18.7 Å². The molecule has 3 saturated heterocycles. The van der Waals surface area contributed by atoms with Gasteiger partial charge in [0.15, 0.2) is 5.76 Å². The molecule has 124 valence electrons. The second-order valence-electron chi connectivity index (χ2n) is 6.96. The fourth-order valence-electron chi connectivity index (χ4n) is 4.17. The van der Waals surface area contributed by atoms with Crippen LogP contribution in [0.4, 0.5) is 0 Å². The Kier molecular flexibility index (Phi) is 3.85. The molecule has 0 spiro atoms. The fraction of sp³-hybridized carbons (Fsp3) is 0.647. The highest BCUT2D eigenvalue weighted by molar-refractivity contribution is 5.91. The summed E-state index contributed by atoms with van der Waals surface area (Å²) in [5.41, 5.74) is 0. The summed E-state index contributed by atoms with van der Waals surface area (Å²) < 4.78 is 10.6. The minimum absolute atomic E-state index is 0.0336. The fourth-order valence-corrected chi connectivity index (χ4v) is 4.17. The number of fused-ring (bicyclic) bond motifs is 2. The molecule has 1 aromatic rings. The van der Waals surface area contributed by atoms with Crippen LogP contribution >= 0.6 is 0 Å². The first-order valence-corrected chi connectivity index (χ1v) is 8.40. The molecule has 6 heteroatoms. The summed E-state index contributed by atoms with van der Waals surface area (Å²) in [5, 5.41) is 0. The molecular weight excluding hydrogens is 296 g/mol. The Morgan fingerprint density at radius 1 is 1.09 bits per heavy atom. The van der Waals surface area contributed by atoms with Crippen LogP contribution in [0.5, 0.6) is 0 Å². The first-order chi connectivity index (χ1) is 11.2. The second-order valence-corrected chi connectivity index (χ2v) is 6.96. The average Bonchev–Trinajstić information content (AvgIpc) is 3.25. The predicted octanol–water partition coefficient (Wildman–Crippen LogP) is 1.24. The topological polar surface area (TPSA) is 63.0 Å². The first-order valence-electron chi connectivity index (χ1n) is 8.40. The summed E-state index contributed by atoms with van der Waals surface area (Å²) in [5.74, 6) is 1.38. The van der Waals surface area contributed by atoms with Crippen molar-refractivity contribution >= 4 is 11.8 Å². The number of nitrogens with zero attached hydrogens (tertiary/aromatic N) is 2. The number of ether oxygens (including phenoxy) is 1. The number of piperidine rings is 2. The van der Waals surface area contributed by atoms with Gasteiger partial charge in [0.1, 0.15) is 0 Å². The second kappa shape index (κ2) is 6.00. The van der Waals surface area contributed by atoms with Gasteiger partial charge in [-0.25, -0.2) is 0 Å². The van der Waals surface area contributed by atoms with Gasteiger partial charge in [0.2, 0.25) is 5.91 Å². The van der Waals surface area contributed by atoms with Crippen LogP contribution in [0.15, 0.2) is 22.8 Å². The molecule has 0 aliphatic carbocycles. The molecule has 1 aromatic heterocycles. The molecule has 3 fully saturated rings. The number of hydrogen-bond acceptors (Lipinski definition) is 4. The Balaban J connectivity index is 1.40. The smallest absolute Gasteiger partial charge is 0.289 e. The van der Waals surface area contributed by atoms with Crippen molar-refractivity contribution in [2.24, 2.45) is 17.8 Å². The van der Waals surface area contributed by atoms with Crippen LogP contribution in [0.3, 0.4) is 0 Å². The molecule has 4 rings (SSSR count). The van der Waals surface area contributed by atoms with Crippen LogP contribution in [-0.2, 0) is 9.53 Å². The summed E-state index contributed by atoms with van der Waals surface area (Å²) in [6, 6.07) is 3.45. The van der Waals surface area contributed by atoms with Gasteiger partial charge in [-0.1, -0.05) is 0 Å². The van der Waals surface area contributed by atoms with Crippen molar-refractivity contribution in [3.05, 3.63) is 24.2 Å². The van der Waals surface area contributed by atoms with E-state index in [0.717, 1.165) is 25.9 Å². The van der Waals surface area contributed by atoms with Crippen LogP contribution in [0, 0.1) is 17.8 Å². The maximum absolute atomic E-state index is 12.6. The average molecular weight is 318 g/mol. The first kappa shape index (κ1) is 14.8. The van der Waals surface area contributed by atoms with Gasteiger partial charge in [-0.15, -0.1) is 0 Å². The molecule has 0 aromatic carbocycles. The quantitative estimate of drug-likeness (QED) is 0.823. The number of hydrogen-bond donors (Lipinski definition) is 0.